The minimum absolute atomic E-state index is 0.563. The van der Waals surface area contributed by atoms with Crippen LogP contribution in [0.15, 0.2) is 18.2 Å². The third-order valence-electron chi connectivity index (χ3n) is 4.57. The van der Waals surface area contributed by atoms with E-state index in [4.69, 9.17) is 0 Å². The standard InChI is InChI=1S/C19H31N/c1-3-5-6-7-8-12-19(20-4-2)18-14-13-16-10-9-11-17(16)15-18/h13-15,19-20H,3-12H2,1-2H3. The summed E-state index contributed by atoms with van der Waals surface area (Å²) < 4.78 is 0. The van der Waals surface area contributed by atoms with Gasteiger partial charge in [0.25, 0.3) is 0 Å². The Balaban J connectivity index is 1.90. The fourth-order valence-corrected chi connectivity index (χ4v) is 3.39. The zero-order valence-electron chi connectivity index (χ0n) is 13.4. The Labute approximate surface area is 125 Å². The Hall–Kier alpha value is -0.820. The number of benzene rings is 1. The predicted octanol–water partition coefficient (Wildman–Crippen LogP) is 5.19. The summed E-state index contributed by atoms with van der Waals surface area (Å²) in [6, 6.07) is 7.78. The highest BCUT2D eigenvalue weighted by molar-refractivity contribution is 5.36. The van der Waals surface area contributed by atoms with Crippen LogP contribution in [0.25, 0.3) is 0 Å². The van der Waals surface area contributed by atoms with E-state index in [2.05, 4.69) is 37.4 Å². The van der Waals surface area contributed by atoms with E-state index in [0.717, 1.165) is 6.54 Å². The highest BCUT2D eigenvalue weighted by Crippen LogP contribution is 2.27. The average Bonchev–Trinajstić information content (AvgIpc) is 2.93. The molecule has 1 N–H and O–H groups in total. The van der Waals surface area contributed by atoms with Crippen molar-refractivity contribution in [2.45, 2.75) is 77.7 Å². The van der Waals surface area contributed by atoms with Crippen molar-refractivity contribution in [2.75, 3.05) is 6.54 Å². The molecule has 0 radical (unpaired) electrons. The van der Waals surface area contributed by atoms with Crippen molar-refractivity contribution in [2.24, 2.45) is 0 Å². The normalized spacial score (nSPS) is 15.3. The first-order valence-electron chi connectivity index (χ1n) is 8.70. The first kappa shape index (κ1) is 15.6. The Bertz CT molecular complexity index is 397. The fraction of sp³-hybridized carbons (Fsp3) is 0.684. The van der Waals surface area contributed by atoms with E-state index in [9.17, 15) is 0 Å². The van der Waals surface area contributed by atoms with Gasteiger partial charge < -0.3 is 5.32 Å². The van der Waals surface area contributed by atoms with E-state index in [1.165, 1.54) is 63.4 Å². The smallest absolute Gasteiger partial charge is 0.0320 e. The van der Waals surface area contributed by atoms with E-state index in [-0.39, 0.29) is 0 Å². The molecule has 1 aliphatic rings. The average molecular weight is 273 g/mol. The molecular weight excluding hydrogens is 242 g/mol. The van der Waals surface area contributed by atoms with Gasteiger partial charge in [-0.05, 0) is 48.9 Å². The summed E-state index contributed by atoms with van der Waals surface area (Å²) in [5.41, 5.74) is 4.71. The molecule has 0 spiro atoms. The first-order valence-corrected chi connectivity index (χ1v) is 8.70. The lowest BCUT2D eigenvalue weighted by atomic mass is 9.96. The molecule has 1 aromatic carbocycles. The summed E-state index contributed by atoms with van der Waals surface area (Å²) in [4.78, 5) is 0. The lowest BCUT2D eigenvalue weighted by Crippen LogP contribution is -2.21. The van der Waals surface area contributed by atoms with Crippen LogP contribution in [0.4, 0.5) is 0 Å². The number of hydrogen-bond acceptors (Lipinski definition) is 1. The second-order valence-electron chi connectivity index (χ2n) is 6.19. The molecule has 1 aromatic rings. The molecule has 1 unspecified atom stereocenters. The van der Waals surface area contributed by atoms with Crippen molar-refractivity contribution < 1.29 is 0 Å². The molecule has 0 saturated carbocycles. The fourth-order valence-electron chi connectivity index (χ4n) is 3.39. The number of hydrogen-bond donors (Lipinski definition) is 1. The van der Waals surface area contributed by atoms with Crippen LogP contribution in [-0.2, 0) is 12.8 Å². The second-order valence-corrected chi connectivity index (χ2v) is 6.19. The van der Waals surface area contributed by atoms with Gasteiger partial charge in [0.05, 0.1) is 0 Å². The van der Waals surface area contributed by atoms with Crippen LogP contribution in [0.2, 0.25) is 0 Å². The number of nitrogens with one attached hydrogen (secondary N) is 1. The van der Waals surface area contributed by atoms with Crippen LogP contribution in [-0.4, -0.2) is 6.54 Å². The van der Waals surface area contributed by atoms with E-state index in [0.29, 0.717) is 6.04 Å². The maximum absolute atomic E-state index is 3.68. The Kier molecular flexibility index (Phi) is 6.59. The van der Waals surface area contributed by atoms with Crippen LogP contribution in [0.1, 0.15) is 81.5 Å². The third kappa shape index (κ3) is 4.34. The Morgan fingerprint density at radius 3 is 2.60 bits per heavy atom. The quantitative estimate of drug-likeness (QED) is 0.611. The van der Waals surface area contributed by atoms with Gasteiger partial charge in [-0.3, -0.25) is 0 Å². The molecule has 0 fully saturated rings. The van der Waals surface area contributed by atoms with Crippen molar-refractivity contribution in [1.29, 1.82) is 0 Å². The second kappa shape index (κ2) is 8.46. The van der Waals surface area contributed by atoms with Crippen molar-refractivity contribution in [3.63, 3.8) is 0 Å². The lowest BCUT2D eigenvalue weighted by molar-refractivity contribution is 0.478. The van der Waals surface area contributed by atoms with Gasteiger partial charge in [0.15, 0.2) is 0 Å². The van der Waals surface area contributed by atoms with E-state index in [1.54, 1.807) is 11.1 Å². The molecule has 1 atom stereocenters. The zero-order valence-corrected chi connectivity index (χ0v) is 13.4. The Morgan fingerprint density at radius 1 is 1.00 bits per heavy atom. The largest absolute Gasteiger partial charge is 0.310 e. The minimum atomic E-state index is 0.563. The summed E-state index contributed by atoms with van der Waals surface area (Å²) in [7, 11) is 0. The molecule has 1 heteroatoms. The highest BCUT2D eigenvalue weighted by Gasteiger charge is 2.15. The van der Waals surface area contributed by atoms with Gasteiger partial charge >= 0.3 is 0 Å². The zero-order chi connectivity index (χ0) is 14.2. The molecule has 0 aromatic heterocycles. The molecular formula is C19H31N. The maximum Gasteiger partial charge on any atom is 0.0320 e. The third-order valence-corrected chi connectivity index (χ3v) is 4.57. The maximum atomic E-state index is 3.68. The number of aryl methyl sites for hydroxylation is 2. The van der Waals surface area contributed by atoms with Crippen LogP contribution >= 0.6 is 0 Å². The van der Waals surface area contributed by atoms with Crippen LogP contribution in [0.5, 0.6) is 0 Å². The van der Waals surface area contributed by atoms with Gasteiger partial charge in [-0.25, -0.2) is 0 Å². The molecule has 0 aliphatic heterocycles. The summed E-state index contributed by atoms with van der Waals surface area (Å²) in [6.07, 6.45) is 12.1. The van der Waals surface area contributed by atoms with Crippen LogP contribution in [0.3, 0.4) is 0 Å². The molecule has 20 heavy (non-hydrogen) atoms. The van der Waals surface area contributed by atoms with E-state index >= 15 is 0 Å². The molecule has 112 valence electrons. The molecule has 0 saturated heterocycles. The van der Waals surface area contributed by atoms with Gasteiger partial charge in [-0.1, -0.05) is 64.2 Å². The lowest BCUT2D eigenvalue weighted by Gasteiger charge is -2.19. The van der Waals surface area contributed by atoms with Crippen molar-refractivity contribution in [1.82, 2.24) is 5.32 Å². The number of unbranched alkanes of at least 4 members (excludes halogenated alkanes) is 4. The van der Waals surface area contributed by atoms with Gasteiger partial charge in [-0.15, -0.1) is 0 Å². The number of fused-ring (bicyclic) bond motifs is 1. The molecule has 1 aliphatic carbocycles. The van der Waals surface area contributed by atoms with Gasteiger partial charge in [0.1, 0.15) is 0 Å². The van der Waals surface area contributed by atoms with Crippen molar-refractivity contribution in [3.05, 3.63) is 34.9 Å². The molecule has 2 rings (SSSR count). The van der Waals surface area contributed by atoms with Crippen molar-refractivity contribution >= 4 is 0 Å². The summed E-state index contributed by atoms with van der Waals surface area (Å²) >= 11 is 0. The predicted molar refractivity (Wildman–Crippen MR) is 88.3 cm³/mol. The SMILES string of the molecule is CCCCCCCC(NCC)c1ccc2c(c1)CCC2. The monoisotopic (exact) mass is 273 g/mol. The highest BCUT2D eigenvalue weighted by atomic mass is 14.9. The van der Waals surface area contributed by atoms with Crippen LogP contribution in [0, 0.1) is 0 Å². The van der Waals surface area contributed by atoms with Gasteiger partial charge in [0.2, 0.25) is 0 Å². The summed E-state index contributed by atoms with van der Waals surface area (Å²) in [5, 5.41) is 3.68. The topological polar surface area (TPSA) is 12.0 Å². The molecule has 0 heterocycles. The van der Waals surface area contributed by atoms with E-state index in [1.807, 2.05) is 0 Å². The molecule has 1 nitrogen and oxygen atoms in total. The molecule has 0 amide bonds. The van der Waals surface area contributed by atoms with Crippen molar-refractivity contribution in [3.8, 4) is 0 Å². The number of rotatable bonds is 9. The molecule has 0 bridgehead atoms. The Morgan fingerprint density at radius 2 is 1.80 bits per heavy atom. The summed E-state index contributed by atoms with van der Waals surface area (Å²) in [6.45, 7) is 5.57. The first-order chi connectivity index (χ1) is 9.85. The minimum Gasteiger partial charge on any atom is -0.310 e. The van der Waals surface area contributed by atoms with Gasteiger partial charge in [-0.2, -0.15) is 0 Å². The van der Waals surface area contributed by atoms with Crippen LogP contribution < -0.4 is 5.32 Å². The van der Waals surface area contributed by atoms with Gasteiger partial charge in [0, 0.05) is 6.04 Å². The summed E-state index contributed by atoms with van der Waals surface area (Å²) in [5.74, 6) is 0. The van der Waals surface area contributed by atoms with E-state index < -0.39 is 0 Å².